The summed E-state index contributed by atoms with van der Waals surface area (Å²) in [6.45, 7) is 0. The molecule has 2 rings (SSSR count). The number of rotatable bonds is 2. The Bertz CT molecular complexity index is 624. The molecule has 0 saturated heterocycles. The maximum Gasteiger partial charge on any atom is 0.160 e. The van der Waals surface area contributed by atoms with Gasteiger partial charge in [0.15, 0.2) is 11.6 Å². The van der Waals surface area contributed by atoms with Gasteiger partial charge in [0.25, 0.3) is 0 Å². The van der Waals surface area contributed by atoms with Gasteiger partial charge in [-0.1, -0.05) is 23.2 Å². The summed E-state index contributed by atoms with van der Waals surface area (Å²) in [4.78, 5) is 0. The van der Waals surface area contributed by atoms with Crippen LogP contribution in [0.3, 0.4) is 0 Å². The van der Waals surface area contributed by atoms with Crippen molar-refractivity contribution in [1.29, 1.82) is 0 Å². The molecule has 0 saturated carbocycles. The SMILES string of the molecule is Nc1c(F)cc(F)cc1Nc1cc(Cl)c(F)c(Cl)c1. The molecule has 3 N–H and O–H groups in total. The highest BCUT2D eigenvalue weighted by molar-refractivity contribution is 6.35. The number of nitrogens with one attached hydrogen (secondary N) is 1. The first kappa shape index (κ1) is 13.8. The van der Waals surface area contributed by atoms with Crippen LogP contribution in [-0.2, 0) is 0 Å². The van der Waals surface area contributed by atoms with Gasteiger partial charge < -0.3 is 11.1 Å². The van der Waals surface area contributed by atoms with E-state index in [-0.39, 0.29) is 27.1 Å². The molecule has 0 radical (unpaired) electrons. The second-order valence-corrected chi connectivity index (χ2v) is 4.54. The maximum atomic E-state index is 13.2. The van der Waals surface area contributed by atoms with Crippen LogP contribution in [0, 0.1) is 17.5 Å². The minimum Gasteiger partial charge on any atom is -0.395 e. The molecule has 2 aromatic carbocycles. The topological polar surface area (TPSA) is 38.0 Å². The van der Waals surface area contributed by atoms with Crippen molar-refractivity contribution in [3.8, 4) is 0 Å². The van der Waals surface area contributed by atoms with E-state index in [4.69, 9.17) is 28.9 Å². The van der Waals surface area contributed by atoms with Crippen molar-refractivity contribution in [2.24, 2.45) is 0 Å². The number of nitrogens with two attached hydrogens (primary N) is 1. The average Bonchev–Trinajstić information content (AvgIpc) is 2.32. The van der Waals surface area contributed by atoms with Crippen LogP contribution in [0.1, 0.15) is 0 Å². The minimum atomic E-state index is -0.901. The lowest BCUT2D eigenvalue weighted by atomic mass is 10.2. The first-order valence-electron chi connectivity index (χ1n) is 5.04. The second kappa shape index (κ2) is 5.19. The Hall–Kier alpha value is -1.59. The van der Waals surface area contributed by atoms with Gasteiger partial charge in [0.2, 0.25) is 0 Å². The summed E-state index contributed by atoms with van der Waals surface area (Å²) >= 11 is 11.2. The first-order chi connectivity index (χ1) is 8.88. The van der Waals surface area contributed by atoms with Crippen LogP contribution in [-0.4, -0.2) is 0 Å². The van der Waals surface area contributed by atoms with E-state index >= 15 is 0 Å². The molecule has 0 spiro atoms. The third-order valence-electron chi connectivity index (χ3n) is 2.36. The predicted octanol–water partition coefficient (Wildman–Crippen LogP) is 4.74. The lowest BCUT2D eigenvalue weighted by Gasteiger charge is -2.11. The molecule has 0 atom stereocenters. The molecule has 0 aliphatic rings. The molecular formula is C12H7Cl2F3N2. The molecule has 0 amide bonds. The standard InChI is InChI=1S/C12H7Cl2F3N2/c13-7-3-6(4-8(14)11(7)17)19-10-2-5(15)1-9(16)12(10)18/h1-4,19H,18H2. The van der Waals surface area contributed by atoms with Gasteiger partial charge in [0.05, 0.1) is 21.4 Å². The summed E-state index contributed by atoms with van der Waals surface area (Å²) in [6, 6.07) is 4.12. The van der Waals surface area contributed by atoms with Crippen molar-refractivity contribution in [2.45, 2.75) is 0 Å². The number of benzene rings is 2. The zero-order chi connectivity index (χ0) is 14.2. The third-order valence-corrected chi connectivity index (χ3v) is 2.91. The Morgan fingerprint density at radius 2 is 1.53 bits per heavy atom. The average molecular weight is 307 g/mol. The maximum absolute atomic E-state index is 13.2. The largest absolute Gasteiger partial charge is 0.395 e. The van der Waals surface area contributed by atoms with Gasteiger partial charge in [-0.25, -0.2) is 13.2 Å². The molecule has 0 aromatic heterocycles. The van der Waals surface area contributed by atoms with Crippen molar-refractivity contribution in [1.82, 2.24) is 0 Å². The molecule has 100 valence electrons. The lowest BCUT2D eigenvalue weighted by Crippen LogP contribution is -2.00. The summed E-state index contributed by atoms with van der Waals surface area (Å²) in [7, 11) is 0. The zero-order valence-corrected chi connectivity index (χ0v) is 10.8. The van der Waals surface area contributed by atoms with Gasteiger partial charge in [-0.3, -0.25) is 0 Å². The number of hydrogen-bond donors (Lipinski definition) is 2. The Kier molecular flexibility index (Phi) is 3.78. The summed E-state index contributed by atoms with van der Waals surface area (Å²) in [5, 5.41) is 2.19. The summed E-state index contributed by atoms with van der Waals surface area (Å²) in [5.41, 5.74) is 5.45. The molecule has 2 aromatic rings. The van der Waals surface area contributed by atoms with Crippen LogP contribution in [0.15, 0.2) is 24.3 Å². The fraction of sp³-hybridized carbons (Fsp3) is 0. The van der Waals surface area contributed by atoms with Crippen LogP contribution in [0.4, 0.5) is 30.2 Å². The predicted molar refractivity (Wildman–Crippen MR) is 70.5 cm³/mol. The van der Waals surface area contributed by atoms with Crippen LogP contribution >= 0.6 is 23.2 Å². The molecule has 0 aliphatic carbocycles. The Morgan fingerprint density at radius 3 is 2.11 bits per heavy atom. The van der Waals surface area contributed by atoms with Crippen molar-refractivity contribution >= 4 is 40.3 Å². The molecule has 0 heterocycles. The van der Waals surface area contributed by atoms with E-state index in [2.05, 4.69) is 5.32 Å². The Labute approximate surface area is 116 Å². The smallest absolute Gasteiger partial charge is 0.160 e. The van der Waals surface area contributed by atoms with E-state index in [1.807, 2.05) is 0 Å². The molecule has 0 unspecified atom stereocenters. The quantitative estimate of drug-likeness (QED) is 0.621. The number of anilines is 3. The van der Waals surface area contributed by atoms with E-state index in [0.29, 0.717) is 6.07 Å². The number of nitrogen functional groups attached to an aromatic ring is 1. The molecular weight excluding hydrogens is 300 g/mol. The summed E-state index contributed by atoms with van der Waals surface area (Å²) < 4.78 is 39.6. The van der Waals surface area contributed by atoms with Gasteiger partial charge in [-0.15, -0.1) is 0 Å². The molecule has 0 fully saturated rings. The van der Waals surface area contributed by atoms with E-state index in [1.54, 1.807) is 0 Å². The van der Waals surface area contributed by atoms with Crippen LogP contribution in [0.2, 0.25) is 10.0 Å². The Morgan fingerprint density at radius 1 is 0.947 bits per heavy atom. The normalized spacial score (nSPS) is 10.6. The highest BCUT2D eigenvalue weighted by atomic mass is 35.5. The second-order valence-electron chi connectivity index (χ2n) is 3.73. The van der Waals surface area contributed by atoms with Gasteiger partial charge in [0, 0.05) is 11.8 Å². The van der Waals surface area contributed by atoms with Gasteiger partial charge in [0.1, 0.15) is 5.82 Å². The molecule has 7 heteroatoms. The van der Waals surface area contributed by atoms with Crippen molar-refractivity contribution in [3.05, 3.63) is 51.8 Å². The Balaban J connectivity index is 2.42. The van der Waals surface area contributed by atoms with Gasteiger partial charge in [-0.05, 0) is 18.2 Å². The third kappa shape index (κ3) is 2.88. The van der Waals surface area contributed by atoms with Crippen LogP contribution in [0.5, 0.6) is 0 Å². The van der Waals surface area contributed by atoms with Gasteiger partial charge >= 0.3 is 0 Å². The fourth-order valence-electron chi connectivity index (χ4n) is 1.47. The lowest BCUT2D eigenvalue weighted by molar-refractivity contribution is 0.587. The monoisotopic (exact) mass is 306 g/mol. The minimum absolute atomic E-state index is 0.00348. The molecule has 0 aliphatic heterocycles. The molecule has 0 bridgehead atoms. The number of halogens is 5. The zero-order valence-electron chi connectivity index (χ0n) is 9.28. The van der Waals surface area contributed by atoms with E-state index in [0.717, 1.165) is 6.07 Å². The molecule has 19 heavy (non-hydrogen) atoms. The van der Waals surface area contributed by atoms with E-state index in [9.17, 15) is 13.2 Å². The van der Waals surface area contributed by atoms with E-state index in [1.165, 1.54) is 12.1 Å². The van der Waals surface area contributed by atoms with Crippen LogP contribution < -0.4 is 11.1 Å². The van der Waals surface area contributed by atoms with Crippen molar-refractivity contribution < 1.29 is 13.2 Å². The van der Waals surface area contributed by atoms with Crippen molar-refractivity contribution in [3.63, 3.8) is 0 Å². The van der Waals surface area contributed by atoms with Crippen molar-refractivity contribution in [2.75, 3.05) is 11.1 Å². The van der Waals surface area contributed by atoms with Crippen LogP contribution in [0.25, 0.3) is 0 Å². The fourth-order valence-corrected chi connectivity index (χ4v) is 1.96. The highest BCUT2D eigenvalue weighted by Gasteiger charge is 2.11. The summed E-state index contributed by atoms with van der Waals surface area (Å²) in [6.07, 6.45) is 0. The highest BCUT2D eigenvalue weighted by Crippen LogP contribution is 2.31. The van der Waals surface area contributed by atoms with Gasteiger partial charge in [-0.2, -0.15) is 0 Å². The first-order valence-corrected chi connectivity index (χ1v) is 5.80. The number of hydrogen-bond acceptors (Lipinski definition) is 2. The molecule has 2 nitrogen and oxygen atoms in total. The van der Waals surface area contributed by atoms with E-state index < -0.39 is 17.5 Å². The summed E-state index contributed by atoms with van der Waals surface area (Å²) in [5.74, 6) is -2.47.